The standard InChI is InChI=1S/C39H43Cl2N9O5/c1-47(16-14-23-15-17-50(18-19-54-4)38(52)44-23)29-13-12-22-20-28(46-36(55-5)30(22)29)26-10-6-8-24(32(26)40)25-9-7-11-27(33(25)41)45-34-31-35(43-21-42-34)48(2)39(53)49(3)37(31)51/h6-11,20-21,23,29H,12-19H2,1-5H3,(H,44,52)(H,42,43,45). The van der Waals surface area contributed by atoms with Crippen LogP contribution in [0.25, 0.3) is 33.4 Å². The predicted molar refractivity (Wildman–Crippen MR) is 214 cm³/mol. The highest BCUT2D eigenvalue weighted by Crippen LogP contribution is 2.45. The zero-order chi connectivity index (χ0) is 39.0. The molecule has 2 atom stereocenters. The number of fused-ring (bicyclic) bond motifs is 2. The molecular formula is C39H43Cl2N9O5. The van der Waals surface area contributed by atoms with Gasteiger partial charge in [0.1, 0.15) is 17.5 Å². The number of rotatable bonds is 12. The smallest absolute Gasteiger partial charge is 0.332 e. The fourth-order valence-corrected chi connectivity index (χ4v) is 8.21. The first kappa shape index (κ1) is 38.3. The molecule has 1 aliphatic heterocycles. The molecule has 1 fully saturated rings. The van der Waals surface area contributed by atoms with E-state index in [1.165, 1.54) is 17.9 Å². The van der Waals surface area contributed by atoms with Gasteiger partial charge in [-0.05, 0) is 50.4 Å². The van der Waals surface area contributed by atoms with Gasteiger partial charge in [0.15, 0.2) is 5.65 Å². The van der Waals surface area contributed by atoms with Crippen LogP contribution in [0.15, 0.2) is 58.4 Å². The minimum absolute atomic E-state index is 0.0332. The summed E-state index contributed by atoms with van der Waals surface area (Å²) in [6.07, 6.45) is 4.81. The van der Waals surface area contributed by atoms with E-state index in [2.05, 4.69) is 38.6 Å². The van der Waals surface area contributed by atoms with E-state index in [1.54, 1.807) is 32.2 Å². The Balaban J connectivity index is 1.13. The number of carbonyl (C=O) groups excluding carboxylic acids is 1. The van der Waals surface area contributed by atoms with Crippen LogP contribution in [0.2, 0.25) is 10.0 Å². The largest absolute Gasteiger partial charge is 0.481 e. The van der Waals surface area contributed by atoms with E-state index in [-0.39, 0.29) is 35.0 Å². The number of pyridine rings is 1. The quantitative estimate of drug-likeness (QED) is 0.165. The molecule has 3 aromatic heterocycles. The number of hydrogen-bond donors (Lipinski definition) is 2. The van der Waals surface area contributed by atoms with E-state index < -0.39 is 11.2 Å². The number of nitrogens with one attached hydrogen (secondary N) is 2. The molecule has 7 rings (SSSR count). The minimum atomic E-state index is -0.528. The second-order valence-electron chi connectivity index (χ2n) is 13.9. The van der Waals surface area contributed by atoms with Crippen LogP contribution in [0, 0.1) is 0 Å². The first-order valence-corrected chi connectivity index (χ1v) is 18.9. The van der Waals surface area contributed by atoms with Crippen molar-refractivity contribution in [2.24, 2.45) is 14.1 Å². The van der Waals surface area contributed by atoms with Crippen molar-refractivity contribution in [2.45, 2.75) is 37.8 Å². The highest BCUT2D eigenvalue weighted by molar-refractivity contribution is 6.39. The maximum Gasteiger partial charge on any atom is 0.332 e. The third-order valence-electron chi connectivity index (χ3n) is 10.7. The van der Waals surface area contributed by atoms with Gasteiger partial charge in [0.25, 0.3) is 5.56 Å². The van der Waals surface area contributed by atoms with Crippen molar-refractivity contribution in [1.82, 2.24) is 39.2 Å². The number of aryl methyl sites for hydroxylation is 2. The number of amides is 2. The van der Waals surface area contributed by atoms with E-state index in [9.17, 15) is 14.4 Å². The number of benzene rings is 2. The summed E-state index contributed by atoms with van der Waals surface area (Å²) in [5.41, 5.74) is 4.66. The molecule has 1 aliphatic carbocycles. The fourth-order valence-electron chi connectivity index (χ4n) is 7.61. The molecular weight excluding hydrogens is 745 g/mol. The van der Waals surface area contributed by atoms with Crippen molar-refractivity contribution in [1.29, 1.82) is 0 Å². The number of anilines is 2. The number of nitrogens with zero attached hydrogens (tertiary/aromatic N) is 7. The topological polar surface area (TPSA) is 149 Å². The van der Waals surface area contributed by atoms with Crippen molar-refractivity contribution >= 4 is 51.8 Å². The van der Waals surface area contributed by atoms with E-state index in [4.69, 9.17) is 37.7 Å². The van der Waals surface area contributed by atoms with Gasteiger partial charge in [-0.25, -0.2) is 24.5 Å². The highest BCUT2D eigenvalue weighted by Gasteiger charge is 2.33. The predicted octanol–water partition coefficient (Wildman–Crippen LogP) is 5.55. The van der Waals surface area contributed by atoms with Gasteiger partial charge in [-0.15, -0.1) is 0 Å². The number of ether oxygens (including phenoxy) is 2. The van der Waals surface area contributed by atoms with Gasteiger partial charge >= 0.3 is 11.7 Å². The highest BCUT2D eigenvalue weighted by atomic mass is 35.5. The Morgan fingerprint density at radius 3 is 2.47 bits per heavy atom. The van der Waals surface area contributed by atoms with Crippen molar-refractivity contribution < 1.29 is 14.3 Å². The zero-order valence-electron chi connectivity index (χ0n) is 31.4. The Kier molecular flexibility index (Phi) is 11.1. The second-order valence-corrected chi connectivity index (χ2v) is 14.7. The number of halogens is 2. The molecule has 2 aromatic carbocycles. The molecule has 16 heteroatoms. The normalized spacial score (nSPS) is 16.8. The monoisotopic (exact) mass is 787 g/mol. The molecule has 0 bridgehead atoms. The summed E-state index contributed by atoms with van der Waals surface area (Å²) in [7, 11) is 8.35. The number of urea groups is 1. The SMILES string of the molecule is COCCN1CCC(CCN(C)C2CCc3cc(-c4cccc(-c5cccc(Nc6ncnc7c6c(=O)n(C)c(=O)n7C)c5Cl)c4Cl)nc(OC)c32)NC1=O. The van der Waals surface area contributed by atoms with Crippen LogP contribution >= 0.6 is 23.2 Å². The van der Waals surface area contributed by atoms with E-state index in [0.29, 0.717) is 51.6 Å². The van der Waals surface area contributed by atoms with Crippen molar-refractivity contribution in [3.05, 3.63) is 90.8 Å². The summed E-state index contributed by atoms with van der Waals surface area (Å²) in [4.78, 5) is 55.9. The van der Waals surface area contributed by atoms with E-state index in [1.807, 2.05) is 30.3 Å². The van der Waals surface area contributed by atoms with Crippen LogP contribution < -0.4 is 26.6 Å². The molecule has 2 N–H and O–H groups in total. The molecule has 2 unspecified atom stereocenters. The molecule has 288 valence electrons. The summed E-state index contributed by atoms with van der Waals surface area (Å²) in [6, 6.07) is 13.5. The first-order valence-electron chi connectivity index (χ1n) is 18.1. The number of methoxy groups -OCH3 is 2. The zero-order valence-corrected chi connectivity index (χ0v) is 32.9. The van der Waals surface area contributed by atoms with Gasteiger partial charge in [0.05, 0.1) is 35.1 Å². The Morgan fingerprint density at radius 1 is 0.982 bits per heavy atom. The summed E-state index contributed by atoms with van der Waals surface area (Å²) >= 11 is 14.2. The van der Waals surface area contributed by atoms with Crippen LogP contribution in [0.1, 0.15) is 36.4 Å². The van der Waals surface area contributed by atoms with Crippen LogP contribution in [-0.2, 0) is 25.3 Å². The average molecular weight is 789 g/mol. The van der Waals surface area contributed by atoms with Gasteiger partial charge in [0.2, 0.25) is 5.88 Å². The Morgan fingerprint density at radius 2 is 1.73 bits per heavy atom. The summed E-state index contributed by atoms with van der Waals surface area (Å²) in [5.74, 6) is 0.775. The Bertz CT molecular complexity index is 2400. The Hall–Kier alpha value is -5.02. The lowest BCUT2D eigenvalue weighted by molar-refractivity contribution is 0.131. The lowest BCUT2D eigenvalue weighted by Crippen LogP contribution is -2.53. The average Bonchev–Trinajstić information content (AvgIpc) is 3.63. The summed E-state index contributed by atoms with van der Waals surface area (Å²) in [6.45, 7) is 2.65. The van der Waals surface area contributed by atoms with Gasteiger partial charge in [-0.2, -0.15) is 0 Å². The van der Waals surface area contributed by atoms with Crippen molar-refractivity contribution in [2.75, 3.05) is 52.8 Å². The van der Waals surface area contributed by atoms with Gasteiger partial charge in [0, 0.05) is 75.2 Å². The maximum absolute atomic E-state index is 13.1. The molecule has 0 radical (unpaired) electrons. The molecule has 55 heavy (non-hydrogen) atoms. The number of aromatic nitrogens is 5. The molecule has 1 saturated heterocycles. The molecule has 0 saturated carbocycles. The lowest BCUT2D eigenvalue weighted by Gasteiger charge is -2.34. The minimum Gasteiger partial charge on any atom is -0.481 e. The van der Waals surface area contributed by atoms with Crippen LogP contribution in [-0.4, -0.2) is 93.5 Å². The Labute approximate surface area is 328 Å². The van der Waals surface area contributed by atoms with Crippen LogP contribution in [0.5, 0.6) is 5.88 Å². The van der Waals surface area contributed by atoms with E-state index in [0.717, 1.165) is 60.0 Å². The van der Waals surface area contributed by atoms with Crippen molar-refractivity contribution in [3.8, 4) is 28.3 Å². The van der Waals surface area contributed by atoms with Crippen LogP contribution in [0.3, 0.4) is 0 Å². The number of carbonyl (C=O) groups is 1. The molecule has 0 spiro atoms. The van der Waals surface area contributed by atoms with Gasteiger partial charge in [-0.1, -0.05) is 53.5 Å². The number of hydrogen-bond acceptors (Lipinski definition) is 10. The van der Waals surface area contributed by atoms with Gasteiger partial charge in [-0.3, -0.25) is 18.8 Å². The first-order chi connectivity index (χ1) is 26.5. The molecule has 14 nitrogen and oxygen atoms in total. The molecule has 2 amide bonds. The van der Waals surface area contributed by atoms with Crippen LogP contribution in [0.4, 0.5) is 16.3 Å². The van der Waals surface area contributed by atoms with Crippen molar-refractivity contribution in [3.63, 3.8) is 0 Å². The third-order valence-corrected chi connectivity index (χ3v) is 11.5. The third kappa shape index (κ3) is 7.27. The van der Waals surface area contributed by atoms with Gasteiger partial charge < -0.3 is 25.0 Å². The summed E-state index contributed by atoms with van der Waals surface area (Å²) < 4.78 is 13.4. The molecule has 5 aromatic rings. The molecule has 4 heterocycles. The second kappa shape index (κ2) is 16.0. The molecule has 2 aliphatic rings. The lowest BCUT2D eigenvalue weighted by atomic mass is 9.99. The maximum atomic E-state index is 13.1. The van der Waals surface area contributed by atoms with E-state index >= 15 is 0 Å². The fraction of sp³-hybridized carbons (Fsp3) is 0.385. The summed E-state index contributed by atoms with van der Waals surface area (Å²) in [5, 5.41) is 7.32.